The second-order valence-electron chi connectivity index (χ2n) is 5.11. The minimum absolute atomic E-state index is 0.0962. The van der Waals surface area contributed by atoms with Gasteiger partial charge in [-0.05, 0) is 38.3 Å². The van der Waals surface area contributed by atoms with Crippen LogP contribution in [0, 0.1) is 0 Å². The largest absolute Gasteiger partial charge is 0.462 e. The highest BCUT2D eigenvalue weighted by molar-refractivity contribution is 6.34. The average Bonchev–Trinajstić information content (AvgIpc) is 2.47. The van der Waals surface area contributed by atoms with E-state index in [9.17, 15) is 4.79 Å². The van der Waals surface area contributed by atoms with Crippen molar-refractivity contribution < 1.29 is 9.53 Å². The van der Waals surface area contributed by atoms with E-state index in [4.69, 9.17) is 22.1 Å². The van der Waals surface area contributed by atoms with Crippen molar-refractivity contribution in [3.8, 4) is 0 Å². The number of rotatable bonds is 7. The topological polar surface area (TPSA) is 64.3 Å². The van der Waals surface area contributed by atoms with E-state index < -0.39 is 5.97 Å². The van der Waals surface area contributed by atoms with Crippen molar-refractivity contribution in [2.45, 2.75) is 52.5 Å². The molecule has 0 saturated heterocycles. The second-order valence-corrected chi connectivity index (χ2v) is 5.52. The molecule has 0 fully saturated rings. The van der Waals surface area contributed by atoms with Gasteiger partial charge >= 0.3 is 5.97 Å². The summed E-state index contributed by atoms with van der Waals surface area (Å²) in [6.45, 7) is 8.44. The highest BCUT2D eigenvalue weighted by Gasteiger charge is 2.27. The molecule has 4 nitrogen and oxygen atoms in total. The van der Waals surface area contributed by atoms with Crippen LogP contribution in [0.1, 0.15) is 57.3 Å². The third-order valence-electron chi connectivity index (χ3n) is 4.03. The van der Waals surface area contributed by atoms with Crippen molar-refractivity contribution in [3.05, 3.63) is 22.7 Å². The third-order valence-corrected chi connectivity index (χ3v) is 4.33. The highest BCUT2D eigenvalue weighted by Crippen LogP contribution is 2.35. The lowest BCUT2D eigenvalue weighted by atomic mass is 9.89. The van der Waals surface area contributed by atoms with E-state index in [2.05, 4.69) is 26.1 Å². The number of carbonyl (C=O) groups excluding carboxylic acids is 1. The maximum Gasteiger partial charge on any atom is 0.340 e. The number of esters is 1. The number of nitrogens with two attached hydrogens (primary N) is 1. The van der Waals surface area contributed by atoms with Crippen LogP contribution < -0.4 is 11.1 Å². The molecule has 1 rings (SSSR count). The molecule has 0 atom stereocenters. The summed E-state index contributed by atoms with van der Waals surface area (Å²) in [4.78, 5) is 12.1. The van der Waals surface area contributed by atoms with Gasteiger partial charge in [-0.3, -0.25) is 0 Å². The zero-order valence-corrected chi connectivity index (χ0v) is 14.0. The molecule has 0 aliphatic rings. The van der Waals surface area contributed by atoms with Gasteiger partial charge in [0.1, 0.15) is 0 Å². The number of hydrogen-bond acceptors (Lipinski definition) is 4. The minimum Gasteiger partial charge on any atom is -0.462 e. The Kier molecular flexibility index (Phi) is 6.34. The van der Waals surface area contributed by atoms with Crippen LogP contribution >= 0.6 is 11.6 Å². The Morgan fingerprint density at radius 1 is 1.24 bits per heavy atom. The highest BCUT2D eigenvalue weighted by atomic mass is 35.5. The number of benzene rings is 1. The van der Waals surface area contributed by atoms with Crippen molar-refractivity contribution in [1.82, 2.24) is 0 Å². The van der Waals surface area contributed by atoms with Gasteiger partial charge in [-0.15, -0.1) is 0 Å². The summed E-state index contributed by atoms with van der Waals surface area (Å²) in [7, 11) is 0. The number of anilines is 2. The Balaban J connectivity index is 3.30. The Morgan fingerprint density at radius 2 is 1.81 bits per heavy atom. The van der Waals surface area contributed by atoms with Crippen LogP contribution in [0.4, 0.5) is 11.4 Å². The molecule has 0 saturated carbocycles. The molecule has 1 aromatic carbocycles. The number of carbonyl (C=O) groups is 1. The monoisotopic (exact) mass is 312 g/mol. The van der Waals surface area contributed by atoms with Crippen LogP contribution in [0.25, 0.3) is 0 Å². The molecular weight excluding hydrogens is 288 g/mol. The first-order valence-electron chi connectivity index (χ1n) is 7.47. The quantitative estimate of drug-likeness (QED) is 0.575. The van der Waals surface area contributed by atoms with Crippen molar-refractivity contribution in [1.29, 1.82) is 0 Å². The fourth-order valence-corrected chi connectivity index (χ4v) is 2.68. The van der Waals surface area contributed by atoms with Crippen LogP contribution in [0.15, 0.2) is 12.1 Å². The molecule has 1 aromatic rings. The molecule has 0 unspecified atom stereocenters. The normalized spacial score (nSPS) is 11.3. The molecular formula is C16H25ClN2O2. The van der Waals surface area contributed by atoms with E-state index in [1.165, 1.54) is 0 Å². The van der Waals surface area contributed by atoms with Gasteiger partial charge in [0.2, 0.25) is 0 Å². The first-order chi connectivity index (χ1) is 9.92. The Bertz CT molecular complexity index is 491. The molecule has 0 spiro atoms. The molecule has 0 bridgehead atoms. The van der Waals surface area contributed by atoms with Crippen LogP contribution in [0.2, 0.25) is 5.02 Å². The van der Waals surface area contributed by atoms with Gasteiger partial charge in [-0.25, -0.2) is 4.79 Å². The summed E-state index contributed by atoms with van der Waals surface area (Å²) in [5.74, 6) is -0.411. The van der Waals surface area contributed by atoms with Gasteiger partial charge in [0, 0.05) is 11.2 Å². The number of nitrogens with one attached hydrogen (secondary N) is 1. The van der Waals surface area contributed by atoms with Crippen LogP contribution in [-0.2, 0) is 4.74 Å². The fourth-order valence-electron chi connectivity index (χ4n) is 2.40. The van der Waals surface area contributed by atoms with Gasteiger partial charge in [0.25, 0.3) is 0 Å². The average molecular weight is 313 g/mol. The van der Waals surface area contributed by atoms with Crippen molar-refractivity contribution >= 4 is 28.9 Å². The van der Waals surface area contributed by atoms with Gasteiger partial charge in [0.05, 0.1) is 22.9 Å². The van der Waals surface area contributed by atoms with Gasteiger partial charge in [0.15, 0.2) is 0 Å². The van der Waals surface area contributed by atoms with Crippen molar-refractivity contribution in [2.75, 3.05) is 17.7 Å². The zero-order valence-electron chi connectivity index (χ0n) is 13.3. The minimum atomic E-state index is -0.411. The predicted octanol–water partition coefficient (Wildman–Crippen LogP) is 4.48. The van der Waals surface area contributed by atoms with Crippen LogP contribution in [-0.4, -0.2) is 18.1 Å². The molecule has 5 heteroatoms. The van der Waals surface area contributed by atoms with Gasteiger partial charge < -0.3 is 15.8 Å². The molecule has 0 aromatic heterocycles. The van der Waals surface area contributed by atoms with E-state index in [-0.39, 0.29) is 5.54 Å². The zero-order chi connectivity index (χ0) is 16.0. The summed E-state index contributed by atoms with van der Waals surface area (Å²) in [5, 5.41) is 3.90. The second kappa shape index (κ2) is 7.55. The summed E-state index contributed by atoms with van der Waals surface area (Å²) in [5.41, 5.74) is 7.15. The Hall–Kier alpha value is -1.42. The molecule has 21 heavy (non-hydrogen) atoms. The van der Waals surface area contributed by atoms with Gasteiger partial charge in [-0.2, -0.15) is 0 Å². The Labute approximate surface area is 132 Å². The first kappa shape index (κ1) is 17.6. The number of ether oxygens (including phenoxy) is 1. The lowest BCUT2D eigenvalue weighted by Crippen LogP contribution is -2.37. The summed E-state index contributed by atoms with van der Waals surface area (Å²) in [6.07, 6.45) is 2.80. The molecule has 0 aliphatic carbocycles. The van der Waals surface area contributed by atoms with E-state index in [1.807, 2.05) is 0 Å². The number of halogens is 1. The summed E-state index contributed by atoms with van der Waals surface area (Å²) in [6, 6.07) is 3.26. The van der Waals surface area contributed by atoms with E-state index in [0.717, 1.165) is 19.3 Å². The molecule has 3 N–H and O–H groups in total. The molecule has 0 heterocycles. The van der Waals surface area contributed by atoms with Crippen LogP contribution in [0.5, 0.6) is 0 Å². The number of nitrogen functional groups attached to an aromatic ring is 1. The van der Waals surface area contributed by atoms with E-state index in [1.54, 1.807) is 19.1 Å². The molecule has 0 radical (unpaired) electrons. The van der Waals surface area contributed by atoms with E-state index in [0.29, 0.717) is 28.6 Å². The molecule has 0 amide bonds. The standard InChI is InChI=1S/C16H25ClN2O2/c1-5-16(6-2,7-3)19-14-12(15(20)21-8-4)9-11(18)10-13(14)17/h9-10,19H,5-8,18H2,1-4H3. The maximum atomic E-state index is 12.1. The SMILES string of the molecule is CCOC(=O)c1cc(N)cc(Cl)c1NC(CC)(CC)CC. The summed E-state index contributed by atoms with van der Waals surface area (Å²) >= 11 is 6.31. The third kappa shape index (κ3) is 4.03. The number of hydrogen-bond donors (Lipinski definition) is 2. The smallest absolute Gasteiger partial charge is 0.340 e. The molecule has 118 valence electrons. The Morgan fingerprint density at radius 3 is 2.29 bits per heavy atom. The predicted molar refractivity (Wildman–Crippen MR) is 89.0 cm³/mol. The van der Waals surface area contributed by atoms with Crippen molar-refractivity contribution in [3.63, 3.8) is 0 Å². The summed E-state index contributed by atoms with van der Waals surface area (Å²) < 4.78 is 5.10. The maximum absolute atomic E-state index is 12.1. The first-order valence-corrected chi connectivity index (χ1v) is 7.85. The van der Waals surface area contributed by atoms with Crippen molar-refractivity contribution in [2.24, 2.45) is 0 Å². The lowest BCUT2D eigenvalue weighted by molar-refractivity contribution is 0.0527. The van der Waals surface area contributed by atoms with E-state index >= 15 is 0 Å². The lowest BCUT2D eigenvalue weighted by Gasteiger charge is -2.34. The molecule has 0 aliphatic heterocycles. The van der Waals surface area contributed by atoms with Gasteiger partial charge in [-0.1, -0.05) is 32.4 Å². The fraction of sp³-hybridized carbons (Fsp3) is 0.562. The van der Waals surface area contributed by atoms with Crippen LogP contribution in [0.3, 0.4) is 0 Å².